The monoisotopic (exact) mass is 377 g/mol. The van der Waals surface area contributed by atoms with Crippen LogP contribution < -0.4 is 11.1 Å². The summed E-state index contributed by atoms with van der Waals surface area (Å²) in [6, 6.07) is 6.74. The van der Waals surface area contributed by atoms with Crippen molar-refractivity contribution in [1.82, 2.24) is 10.2 Å². The first-order valence-electron chi connectivity index (χ1n) is 9.57. The van der Waals surface area contributed by atoms with Gasteiger partial charge in [-0.25, -0.2) is 0 Å². The van der Waals surface area contributed by atoms with E-state index in [1.807, 2.05) is 11.8 Å². The number of fused-ring (bicyclic) bond motifs is 1. The molecule has 1 heterocycles. The Kier molecular flexibility index (Phi) is 6.20. The fraction of sp³-hybridized carbons (Fsp3) is 0.600. The number of hydrogen-bond donors (Lipinski definition) is 2. The highest BCUT2D eigenvalue weighted by atomic mass is 35.5. The van der Waals surface area contributed by atoms with Gasteiger partial charge in [-0.1, -0.05) is 37.4 Å². The van der Waals surface area contributed by atoms with E-state index in [2.05, 4.69) is 5.32 Å². The first-order chi connectivity index (χ1) is 12.5. The molecule has 1 saturated carbocycles. The van der Waals surface area contributed by atoms with Gasteiger partial charge in [0.1, 0.15) is 6.04 Å². The van der Waals surface area contributed by atoms with Crippen molar-refractivity contribution in [3.05, 3.63) is 34.9 Å². The fourth-order valence-electron chi connectivity index (χ4n) is 4.23. The lowest BCUT2D eigenvalue weighted by atomic mass is 9.84. The zero-order chi connectivity index (χ0) is 18.7. The molecule has 2 fully saturated rings. The highest BCUT2D eigenvalue weighted by Gasteiger charge is 2.47. The van der Waals surface area contributed by atoms with Crippen LogP contribution in [0.4, 0.5) is 0 Å². The number of likely N-dealkylation sites (tertiary alicyclic amines) is 1. The molecule has 0 aromatic heterocycles. The van der Waals surface area contributed by atoms with Crippen molar-refractivity contribution in [2.24, 2.45) is 17.6 Å². The maximum atomic E-state index is 13.2. The zero-order valence-corrected chi connectivity index (χ0v) is 16.0. The molecule has 6 heteroatoms. The normalized spacial score (nSPS) is 26.3. The molecule has 4 unspecified atom stereocenters. The third-order valence-electron chi connectivity index (χ3n) is 5.72. The summed E-state index contributed by atoms with van der Waals surface area (Å²) >= 11 is 6.07. The number of hydrogen-bond acceptors (Lipinski definition) is 3. The lowest BCUT2D eigenvalue weighted by Crippen LogP contribution is -2.50. The first-order valence-corrected chi connectivity index (χ1v) is 9.95. The van der Waals surface area contributed by atoms with E-state index in [9.17, 15) is 9.59 Å². The third kappa shape index (κ3) is 4.04. The smallest absolute Gasteiger partial charge is 0.254 e. The second kappa shape index (κ2) is 8.40. The van der Waals surface area contributed by atoms with Crippen LogP contribution in [0.25, 0.3) is 0 Å². The van der Waals surface area contributed by atoms with Crippen molar-refractivity contribution in [1.29, 1.82) is 0 Å². The molecule has 3 rings (SSSR count). The zero-order valence-electron chi connectivity index (χ0n) is 15.3. The Morgan fingerprint density at radius 2 is 2.12 bits per heavy atom. The molecule has 2 aliphatic rings. The van der Waals surface area contributed by atoms with Crippen molar-refractivity contribution in [2.75, 3.05) is 13.1 Å². The molecule has 1 saturated heterocycles. The van der Waals surface area contributed by atoms with Gasteiger partial charge in [-0.3, -0.25) is 9.59 Å². The van der Waals surface area contributed by atoms with Crippen molar-refractivity contribution >= 4 is 23.4 Å². The molecule has 142 valence electrons. The molecule has 1 aromatic carbocycles. The van der Waals surface area contributed by atoms with Crippen molar-refractivity contribution < 1.29 is 9.59 Å². The molecule has 2 amide bonds. The molecule has 1 aromatic rings. The Morgan fingerprint density at radius 1 is 1.35 bits per heavy atom. The highest BCUT2D eigenvalue weighted by Crippen LogP contribution is 2.40. The van der Waals surface area contributed by atoms with Crippen molar-refractivity contribution in [2.45, 2.75) is 51.1 Å². The van der Waals surface area contributed by atoms with Crippen LogP contribution in [0.5, 0.6) is 0 Å². The summed E-state index contributed by atoms with van der Waals surface area (Å²) in [5.74, 6) is 0.485. The van der Waals surface area contributed by atoms with E-state index >= 15 is 0 Å². The fourth-order valence-corrected chi connectivity index (χ4v) is 4.42. The van der Waals surface area contributed by atoms with E-state index in [4.69, 9.17) is 17.3 Å². The lowest BCUT2D eigenvalue weighted by molar-refractivity contribution is -0.125. The molecule has 0 bridgehead atoms. The maximum absolute atomic E-state index is 13.2. The molecule has 1 aliphatic heterocycles. The van der Waals surface area contributed by atoms with Gasteiger partial charge in [0, 0.05) is 23.2 Å². The molecular formula is C20H28ClN3O2. The van der Waals surface area contributed by atoms with Gasteiger partial charge in [-0.05, 0) is 55.8 Å². The van der Waals surface area contributed by atoms with E-state index in [1.54, 1.807) is 24.3 Å². The van der Waals surface area contributed by atoms with Crippen molar-refractivity contribution in [3.63, 3.8) is 0 Å². The molecular weight excluding hydrogens is 350 g/mol. The van der Waals surface area contributed by atoms with E-state index in [-0.39, 0.29) is 23.8 Å². The number of carbonyl (C=O) groups is 2. The van der Waals surface area contributed by atoms with E-state index in [0.29, 0.717) is 29.6 Å². The molecule has 1 aliphatic carbocycles. The van der Waals surface area contributed by atoms with Crippen LogP contribution in [0.2, 0.25) is 5.02 Å². The Labute approximate surface area is 160 Å². The van der Waals surface area contributed by atoms with Crippen LogP contribution in [0, 0.1) is 11.8 Å². The first kappa shape index (κ1) is 19.2. The van der Waals surface area contributed by atoms with Gasteiger partial charge in [0.2, 0.25) is 5.91 Å². The number of nitrogens with zero attached hydrogens (tertiary/aromatic N) is 1. The minimum atomic E-state index is -0.403. The average molecular weight is 378 g/mol. The topological polar surface area (TPSA) is 75.4 Å². The van der Waals surface area contributed by atoms with Gasteiger partial charge in [0.05, 0.1) is 0 Å². The van der Waals surface area contributed by atoms with Crippen molar-refractivity contribution in [3.8, 4) is 0 Å². The van der Waals surface area contributed by atoms with Crippen LogP contribution >= 0.6 is 11.6 Å². The molecule has 4 atom stereocenters. The quantitative estimate of drug-likeness (QED) is 0.828. The minimum absolute atomic E-state index is 0.0601. The number of benzene rings is 1. The highest BCUT2D eigenvalue weighted by molar-refractivity contribution is 6.31. The van der Waals surface area contributed by atoms with Gasteiger partial charge in [0.15, 0.2) is 0 Å². The summed E-state index contributed by atoms with van der Waals surface area (Å²) in [6.45, 7) is 3.07. The molecule has 0 radical (unpaired) electrons. The Morgan fingerprint density at radius 3 is 2.85 bits per heavy atom. The summed E-state index contributed by atoms with van der Waals surface area (Å²) < 4.78 is 0. The minimum Gasteiger partial charge on any atom is -0.354 e. The van der Waals surface area contributed by atoms with E-state index in [1.165, 1.54) is 6.42 Å². The number of nitrogens with one attached hydrogen (secondary N) is 1. The molecule has 0 spiro atoms. The van der Waals surface area contributed by atoms with Crippen LogP contribution in [-0.2, 0) is 4.79 Å². The predicted octanol–water partition coefficient (Wildman–Crippen LogP) is 2.82. The molecule has 3 N–H and O–H groups in total. The van der Waals surface area contributed by atoms with Gasteiger partial charge < -0.3 is 16.0 Å². The third-order valence-corrected chi connectivity index (χ3v) is 5.96. The second-order valence-electron chi connectivity index (χ2n) is 7.67. The van der Waals surface area contributed by atoms with Gasteiger partial charge in [0.25, 0.3) is 5.91 Å². The Hall–Kier alpha value is -1.59. The van der Waals surface area contributed by atoms with Gasteiger partial charge in [-0.2, -0.15) is 0 Å². The predicted molar refractivity (Wildman–Crippen MR) is 103 cm³/mol. The summed E-state index contributed by atoms with van der Waals surface area (Å²) in [5, 5.41) is 3.53. The van der Waals surface area contributed by atoms with Crippen LogP contribution in [0.3, 0.4) is 0 Å². The Bertz CT molecular complexity index is 666. The summed E-state index contributed by atoms with van der Waals surface area (Å²) in [6.07, 6.45) is 5.10. The lowest BCUT2D eigenvalue weighted by Gasteiger charge is -2.33. The largest absolute Gasteiger partial charge is 0.354 e. The summed E-state index contributed by atoms with van der Waals surface area (Å²) in [5.41, 5.74) is 6.20. The SMILES string of the molecule is CC(CN)CNC(=O)C1CC2CCCCC2N1C(=O)c1cccc(Cl)c1. The number of rotatable bonds is 5. The number of halogens is 1. The molecule has 5 nitrogen and oxygen atoms in total. The van der Waals surface area contributed by atoms with Crippen LogP contribution in [0.15, 0.2) is 24.3 Å². The average Bonchev–Trinajstić information content (AvgIpc) is 3.04. The van der Waals surface area contributed by atoms with E-state index in [0.717, 1.165) is 25.7 Å². The standard InChI is InChI=1S/C20H28ClN3O2/c1-13(11-22)12-23-19(25)18-10-14-5-2-3-8-17(14)24(18)20(26)15-6-4-7-16(21)9-15/h4,6-7,9,13-14,17-18H,2-3,5,8,10-12,22H2,1H3,(H,23,25). The van der Waals surface area contributed by atoms with Crippen LogP contribution in [0.1, 0.15) is 49.4 Å². The molecule has 26 heavy (non-hydrogen) atoms. The second-order valence-corrected chi connectivity index (χ2v) is 8.11. The van der Waals surface area contributed by atoms with Gasteiger partial charge in [-0.15, -0.1) is 0 Å². The van der Waals surface area contributed by atoms with Gasteiger partial charge >= 0.3 is 0 Å². The maximum Gasteiger partial charge on any atom is 0.254 e. The van der Waals surface area contributed by atoms with Crippen LogP contribution in [-0.4, -0.2) is 41.9 Å². The Balaban J connectivity index is 1.82. The summed E-state index contributed by atoms with van der Waals surface area (Å²) in [4.78, 5) is 27.9. The number of amides is 2. The number of nitrogens with two attached hydrogens (primary N) is 1. The summed E-state index contributed by atoms with van der Waals surface area (Å²) in [7, 11) is 0. The van der Waals surface area contributed by atoms with E-state index < -0.39 is 6.04 Å². The number of carbonyl (C=O) groups excluding carboxylic acids is 2.